The van der Waals surface area contributed by atoms with Gasteiger partial charge in [-0.05, 0) is 32.4 Å². The van der Waals surface area contributed by atoms with Gasteiger partial charge in [-0.15, -0.1) is 0 Å². The van der Waals surface area contributed by atoms with E-state index in [1.54, 1.807) is 18.5 Å². The minimum absolute atomic E-state index is 0.0514. The molecule has 0 N–H and O–H groups in total. The van der Waals surface area contributed by atoms with Crippen LogP contribution in [0.15, 0.2) is 42.7 Å². The fraction of sp³-hybridized carbons (Fsp3) is 0.294. The molecule has 20 heavy (non-hydrogen) atoms. The van der Waals surface area contributed by atoms with Gasteiger partial charge in [0.25, 0.3) is 0 Å². The quantitative estimate of drug-likeness (QED) is 0.778. The molecular formula is C17H19NO2. The zero-order valence-corrected chi connectivity index (χ0v) is 12.1. The molecule has 0 radical (unpaired) electrons. The van der Waals surface area contributed by atoms with E-state index >= 15 is 0 Å². The summed E-state index contributed by atoms with van der Waals surface area (Å²) in [6.45, 7) is 5.92. The molecular weight excluding hydrogens is 250 g/mol. The van der Waals surface area contributed by atoms with E-state index in [1.807, 2.05) is 45.0 Å². The van der Waals surface area contributed by atoms with Gasteiger partial charge in [0.15, 0.2) is 5.78 Å². The minimum Gasteiger partial charge on any atom is -0.489 e. The van der Waals surface area contributed by atoms with Crippen molar-refractivity contribution in [2.24, 2.45) is 0 Å². The van der Waals surface area contributed by atoms with Crippen LogP contribution in [-0.2, 0) is 6.42 Å². The van der Waals surface area contributed by atoms with Gasteiger partial charge in [0, 0.05) is 18.2 Å². The normalized spacial score (nSPS) is 10.6. The Morgan fingerprint density at radius 3 is 2.55 bits per heavy atom. The van der Waals surface area contributed by atoms with Gasteiger partial charge in [0.1, 0.15) is 5.75 Å². The van der Waals surface area contributed by atoms with Gasteiger partial charge < -0.3 is 4.74 Å². The van der Waals surface area contributed by atoms with Crippen molar-refractivity contribution in [3.63, 3.8) is 0 Å². The summed E-state index contributed by atoms with van der Waals surface area (Å²) in [5, 5.41) is 0. The molecule has 0 aliphatic rings. The number of pyridine rings is 1. The molecule has 3 heteroatoms. The van der Waals surface area contributed by atoms with E-state index in [4.69, 9.17) is 4.74 Å². The Balaban J connectivity index is 2.10. The molecule has 104 valence electrons. The molecule has 0 aliphatic carbocycles. The number of rotatable bonds is 5. The third-order valence-electron chi connectivity index (χ3n) is 2.89. The monoisotopic (exact) mass is 269 g/mol. The number of ether oxygens (including phenoxy) is 1. The van der Waals surface area contributed by atoms with Crippen LogP contribution in [0.4, 0.5) is 0 Å². The number of Topliss-reactive ketones (excluding diaryl/α,β-unsaturated/α-hetero) is 1. The van der Waals surface area contributed by atoms with E-state index in [9.17, 15) is 4.79 Å². The van der Waals surface area contributed by atoms with Crippen molar-refractivity contribution >= 4 is 5.78 Å². The van der Waals surface area contributed by atoms with Crippen molar-refractivity contribution in [1.82, 2.24) is 4.98 Å². The van der Waals surface area contributed by atoms with Crippen molar-refractivity contribution < 1.29 is 9.53 Å². The van der Waals surface area contributed by atoms with Crippen LogP contribution in [-0.4, -0.2) is 16.9 Å². The first-order valence-corrected chi connectivity index (χ1v) is 6.75. The Morgan fingerprint density at radius 2 is 1.90 bits per heavy atom. The van der Waals surface area contributed by atoms with Gasteiger partial charge in [-0.3, -0.25) is 9.78 Å². The largest absolute Gasteiger partial charge is 0.489 e. The summed E-state index contributed by atoms with van der Waals surface area (Å²) < 4.78 is 5.56. The number of ketones is 1. The number of nitrogens with zero attached hydrogens (tertiary/aromatic N) is 1. The van der Waals surface area contributed by atoms with Crippen LogP contribution in [0.2, 0.25) is 0 Å². The molecule has 0 unspecified atom stereocenters. The topological polar surface area (TPSA) is 39.2 Å². The van der Waals surface area contributed by atoms with Gasteiger partial charge >= 0.3 is 0 Å². The standard InChI is InChI=1S/C17H19NO2/c1-12(2)20-16-9-15(10-18-11-16)17(19)8-14-6-4-13(3)5-7-14/h4-7,9-12H,8H2,1-3H3. The van der Waals surface area contributed by atoms with Crippen molar-refractivity contribution in [1.29, 1.82) is 0 Å². The summed E-state index contributed by atoms with van der Waals surface area (Å²) in [4.78, 5) is 16.3. The fourth-order valence-corrected chi connectivity index (χ4v) is 1.90. The maximum atomic E-state index is 12.2. The highest BCUT2D eigenvalue weighted by molar-refractivity contribution is 5.97. The van der Waals surface area contributed by atoms with Crippen LogP contribution in [0.1, 0.15) is 35.3 Å². The summed E-state index contributed by atoms with van der Waals surface area (Å²) in [6.07, 6.45) is 3.67. The number of carbonyl (C=O) groups excluding carboxylic acids is 1. The molecule has 0 spiro atoms. The van der Waals surface area contributed by atoms with E-state index in [2.05, 4.69) is 4.98 Å². The van der Waals surface area contributed by atoms with Gasteiger partial charge in [-0.1, -0.05) is 29.8 Å². The summed E-state index contributed by atoms with van der Waals surface area (Å²) >= 11 is 0. The first-order valence-electron chi connectivity index (χ1n) is 6.75. The van der Waals surface area contributed by atoms with Crippen molar-refractivity contribution in [3.05, 3.63) is 59.4 Å². The lowest BCUT2D eigenvalue weighted by Crippen LogP contribution is -2.08. The van der Waals surface area contributed by atoms with Crippen molar-refractivity contribution in [2.75, 3.05) is 0 Å². The first-order chi connectivity index (χ1) is 9.54. The minimum atomic E-state index is 0.0514. The molecule has 0 fully saturated rings. The average Bonchev–Trinajstić information content (AvgIpc) is 2.41. The van der Waals surface area contributed by atoms with Gasteiger partial charge in [0.05, 0.1) is 12.3 Å². The number of benzene rings is 1. The Kier molecular flexibility index (Phi) is 4.51. The Hall–Kier alpha value is -2.16. The van der Waals surface area contributed by atoms with E-state index in [1.165, 1.54) is 5.56 Å². The van der Waals surface area contributed by atoms with Gasteiger partial charge in [-0.2, -0.15) is 0 Å². The predicted molar refractivity (Wildman–Crippen MR) is 79.2 cm³/mol. The van der Waals surface area contributed by atoms with Gasteiger partial charge in [0.2, 0.25) is 0 Å². The molecule has 3 nitrogen and oxygen atoms in total. The van der Waals surface area contributed by atoms with E-state index < -0.39 is 0 Å². The lowest BCUT2D eigenvalue weighted by molar-refractivity contribution is 0.0992. The molecule has 1 aromatic heterocycles. The fourth-order valence-electron chi connectivity index (χ4n) is 1.90. The zero-order valence-electron chi connectivity index (χ0n) is 12.1. The third-order valence-corrected chi connectivity index (χ3v) is 2.89. The second kappa shape index (κ2) is 6.33. The number of aryl methyl sites for hydroxylation is 1. The van der Waals surface area contributed by atoms with Crippen LogP contribution in [0.5, 0.6) is 5.75 Å². The molecule has 0 saturated heterocycles. The summed E-state index contributed by atoms with van der Waals surface area (Å²) in [6, 6.07) is 9.74. The number of hydrogen-bond donors (Lipinski definition) is 0. The molecule has 1 aromatic carbocycles. The maximum absolute atomic E-state index is 12.2. The van der Waals surface area contributed by atoms with E-state index in [0.717, 1.165) is 5.56 Å². The lowest BCUT2D eigenvalue weighted by atomic mass is 10.0. The molecule has 2 rings (SSSR count). The van der Waals surface area contributed by atoms with Crippen LogP contribution >= 0.6 is 0 Å². The van der Waals surface area contributed by atoms with Crippen molar-refractivity contribution in [3.8, 4) is 5.75 Å². The molecule has 0 atom stereocenters. The molecule has 2 aromatic rings. The second-order valence-corrected chi connectivity index (χ2v) is 5.16. The highest BCUT2D eigenvalue weighted by Gasteiger charge is 2.09. The average molecular weight is 269 g/mol. The molecule has 0 saturated carbocycles. The highest BCUT2D eigenvalue weighted by atomic mass is 16.5. The van der Waals surface area contributed by atoms with Crippen LogP contribution in [0, 0.1) is 6.92 Å². The molecule has 1 heterocycles. The highest BCUT2D eigenvalue weighted by Crippen LogP contribution is 2.15. The molecule has 0 amide bonds. The molecule has 0 bridgehead atoms. The zero-order chi connectivity index (χ0) is 14.5. The number of hydrogen-bond acceptors (Lipinski definition) is 3. The smallest absolute Gasteiger partial charge is 0.168 e. The SMILES string of the molecule is Cc1ccc(CC(=O)c2cncc(OC(C)C)c2)cc1. The van der Waals surface area contributed by atoms with E-state index in [-0.39, 0.29) is 11.9 Å². The maximum Gasteiger partial charge on any atom is 0.168 e. The Morgan fingerprint density at radius 1 is 1.20 bits per heavy atom. The Labute approximate surface area is 119 Å². The summed E-state index contributed by atoms with van der Waals surface area (Å²) in [7, 11) is 0. The molecule has 0 aliphatic heterocycles. The summed E-state index contributed by atoms with van der Waals surface area (Å²) in [5.41, 5.74) is 2.79. The second-order valence-electron chi connectivity index (χ2n) is 5.16. The van der Waals surface area contributed by atoms with Crippen LogP contribution < -0.4 is 4.74 Å². The number of carbonyl (C=O) groups is 1. The number of aromatic nitrogens is 1. The van der Waals surface area contributed by atoms with Crippen molar-refractivity contribution in [2.45, 2.75) is 33.3 Å². The predicted octanol–water partition coefficient (Wildman–Crippen LogP) is 3.60. The van der Waals surface area contributed by atoms with E-state index in [0.29, 0.717) is 17.7 Å². The first kappa shape index (κ1) is 14.3. The van der Waals surface area contributed by atoms with Crippen LogP contribution in [0.3, 0.4) is 0 Å². The van der Waals surface area contributed by atoms with Gasteiger partial charge in [-0.25, -0.2) is 0 Å². The van der Waals surface area contributed by atoms with Crippen LogP contribution in [0.25, 0.3) is 0 Å². The summed E-state index contributed by atoms with van der Waals surface area (Å²) in [5.74, 6) is 0.685. The lowest BCUT2D eigenvalue weighted by Gasteiger charge is -2.10. The Bertz CT molecular complexity index is 588. The third kappa shape index (κ3) is 3.92.